The highest BCUT2D eigenvalue weighted by Crippen LogP contribution is 2.35. The van der Waals surface area contributed by atoms with Crippen molar-refractivity contribution >= 4 is 27.5 Å². The molecule has 3 aromatic rings. The van der Waals surface area contributed by atoms with E-state index in [-0.39, 0.29) is 21.1 Å². The normalized spacial score (nSPS) is 11.9. The van der Waals surface area contributed by atoms with Crippen molar-refractivity contribution in [3.63, 3.8) is 0 Å². The second-order valence-electron chi connectivity index (χ2n) is 5.90. The molecule has 0 aliphatic heterocycles. The van der Waals surface area contributed by atoms with Crippen LogP contribution in [-0.2, 0) is 16.2 Å². The first kappa shape index (κ1) is 22.5. The van der Waals surface area contributed by atoms with Gasteiger partial charge in [-0.15, -0.1) is 5.10 Å². The van der Waals surface area contributed by atoms with Crippen LogP contribution in [0.1, 0.15) is 16.2 Å². The molecule has 31 heavy (non-hydrogen) atoms. The van der Waals surface area contributed by atoms with Crippen LogP contribution in [0.5, 0.6) is 5.75 Å². The minimum atomic E-state index is -5.15. The molecule has 164 valence electrons. The van der Waals surface area contributed by atoms with Crippen molar-refractivity contribution in [2.45, 2.75) is 11.1 Å². The van der Waals surface area contributed by atoms with E-state index in [1.54, 1.807) is 0 Å². The molecule has 0 atom stereocenters. The summed E-state index contributed by atoms with van der Waals surface area (Å²) < 4.78 is 85.3. The molecule has 0 radical (unpaired) electrons. The maximum atomic E-state index is 13.7. The standard InChI is InChI=1S/C17H11ClF4N4O4S/c1-30-10-4-7-13(12(18)8-10)26-15(17(20,21)22)14(23-25-26)16(27)24-31(28,29)11-5-2-9(19)3-6-11/h2-8H,1H3,(H,24,27). The first-order valence-electron chi connectivity index (χ1n) is 8.13. The largest absolute Gasteiger partial charge is 0.497 e. The molecule has 8 nitrogen and oxygen atoms in total. The van der Waals surface area contributed by atoms with Crippen LogP contribution in [0, 0.1) is 5.82 Å². The molecular formula is C17H11ClF4N4O4S. The number of benzene rings is 2. The van der Waals surface area contributed by atoms with Crippen LogP contribution in [0.2, 0.25) is 5.02 Å². The number of ether oxygens (including phenoxy) is 1. The Balaban J connectivity index is 2.04. The number of nitrogens with zero attached hydrogens (tertiary/aromatic N) is 3. The number of alkyl halides is 3. The van der Waals surface area contributed by atoms with Crippen LogP contribution in [-0.4, -0.2) is 36.4 Å². The summed E-state index contributed by atoms with van der Waals surface area (Å²) in [5.41, 5.74) is -3.22. The van der Waals surface area contributed by atoms with E-state index in [0.717, 1.165) is 30.3 Å². The number of aromatic nitrogens is 3. The summed E-state index contributed by atoms with van der Waals surface area (Å²) in [6, 6.07) is 6.97. The molecule has 1 amide bonds. The van der Waals surface area contributed by atoms with Crippen molar-refractivity contribution in [3.05, 3.63) is 64.7 Å². The monoisotopic (exact) mass is 478 g/mol. The average molecular weight is 479 g/mol. The molecular weight excluding hydrogens is 468 g/mol. The van der Waals surface area contributed by atoms with Crippen LogP contribution < -0.4 is 9.46 Å². The lowest BCUT2D eigenvalue weighted by Crippen LogP contribution is -2.32. The lowest BCUT2D eigenvalue weighted by atomic mass is 10.2. The number of carbonyl (C=O) groups excluding carboxylic acids is 1. The van der Waals surface area contributed by atoms with Crippen molar-refractivity contribution in [1.29, 1.82) is 0 Å². The Morgan fingerprint density at radius 3 is 2.35 bits per heavy atom. The molecule has 2 aromatic carbocycles. The summed E-state index contributed by atoms with van der Waals surface area (Å²) >= 11 is 5.99. The molecule has 0 aliphatic rings. The topological polar surface area (TPSA) is 103 Å². The second kappa shape index (κ2) is 8.15. The van der Waals surface area contributed by atoms with E-state index in [2.05, 4.69) is 10.3 Å². The molecule has 3 rings (SSSR count). The van der Waals surface area contributed by atoms with Crippen LogP contribution in [0.3, 0.4) is 0 Å². The van der Waals surface area contributed by atoms with Gasteiger partial charge in [-0.1, -0.05) is 16.8 Å². The van der Waals surface area contributed by atoms with E-state index < -0.39 is 44.2 Å². The number of amides is 1. The van der Waals surface area contributed by atoms with Crippen molar-refractivity contribution in [2.24, 2.45) is 0 Å². The fourth-order valence-electron chi connectivity index (χ4n) is 2.49. The molecule has 14 heteroatoms. The van der Waals surface area contributed by atoms with Gasteiger partial charge in [-0.3, -0.25) is 4.79 Å². The van der Waals surface area contributed by atoms with E-state index in [1.807, 2.05) is 0 Å². The van der Waals surface area contributed by atoms with Gasteiger partial charge >= 0.3 is 6.18 Å². The van der Waals surface area contributed by atoms with Gasteiger partial charge in [-0.2, -0.15) is 13.2 Å². The highest BCUT2D eigenvalue weighted by molar-refractivity contribution is 7.90. The average Bonchev–Trinajstić information content (AvgIpc) is 3.13. The first-order valence-corrected chi connectivity index (χ1v) is 9.99. The minimum Gasteiger partial charge on any atom is -0.497 e. The number of hydrogen-bond acceptors (Lipinski definition) is 6. The summed E-state index contributed by atoms with van der Waals surface area (Å²) in [6.45, 7) is 0. The van der Waals surface area contributed by atoms with E-state index in [1.165, 1.54) is 24.0 Å². The quantitative estimate of drug-likeness (QED) is 0.565. The van der Waals surface area contributed by atoms with Crippen LogP contribution in [0.25, 0.3) is 5.69 Å². The van der Waals surface area contributed by atoms with E-state index in [0.29, 0.717) is 0 Å². The Hall–Kier alpha value is -3.19. The van der Waals surface area contributed by atoms with Gasteiger partial charge in [-0.25, -0.2) is 22.2 Å². The van der Waals surface area contributed by atoms with Crippen LogP contribution in [0.4, 0.5) is 17.6 Å². The highest BCUT2D eigenvalue weighted by Gasteiger charge is 2.43. The maximum Gasteiger partial charge on any atom is 0.435 e. The predicted octanol–water partition coefficient (Wildman–Crippen LogP) is 3.21. The number of halogens is 5. The number of sulfonamides is 1. The summed E-state index contributed by atoms with van der Waals surface area (Å²) in [6.07, 6.45) is -5.15. The summed E-state index contributed by atoms with van der Waals surface area (Å²) in [7, 11) is -3.29. The van der Waals surface area contributed by atoms with E-state index in [9.17, 15) is 30.8 Å². The Kier molecular flexibility index (Phi) is 5.91. The first-order chi connectivity index (χ1) is 14.4. The number of methoxy groups -OCH3 is 1. The molecule has 0 fully saturated rings. The molecule has 1 aromatic heterocycles. The lowest BCUT2D eigenvalue weighted by molar-refractivity contribution is -0.143. The van der Waals surface area contributed by atoms with E-state index >= 15 is 0 Å². The maximum absolute atomic E-state index is 13.7. The van der Waals surface area contributed by atoms with Gasteiger partial charge in [0.2, 0.25) is 0 Å². The third-order valence-electron chi connectivity index (χ3n) is 3.89. The fourth-order valence-corrected chi connectivity index (χ4v) is 3.69. The Labute approximate surface area is 177 Å². The molecule has 1 heterocycles. The number of carbonyl (C=O) groups is 1. The summed E-state index contributed by atoms with van der Waals surface area (Å²) in [4.78, 5) is 11.8. The third kappa shape index (κ3) is 4.61. The molecule has 1 N–H and O–H groups in total. The Morgan fingerprint density at radius 2 is 1.81 bits per heavy atom. The van der Waals surface area contributed by atoms with Gasteiger partial charge in [-0.05, 0) is 36.4 Å². The Bertz CT molecular complexity index is 1240. The van der Waals surface area contributed by atoms with Crippen molar-refractivity contribution in [3.8, 4) is 11.4 Å². The van der Waals surface area contributed by atoms with Gasteiger partial charge in [0.05, 0.1) is 22.7 Å². The summed E-state index contributed by atoms with van der Waals surface area (Å²) in [5.74, 6) is -2.18. The Morgan fingerprint density at radius 1 is 1.16 bits per heavy atom. The zero-order chi connectivity index (χ0) is 23.0. The minimum absolute atomic E-state index is 0.194. The van der Waals surface area contributed by atoms with Crippen molar-refractivity contribution in [2.75, 3.05) is 7.11 Å². The SMILES string of the molecule is COc1ccc(-n2nnc(C(=O)NS(=O)(=O)c3ccc(F)cc3)c2C(F)(F)F)c(Cl)c1. The second-order valence-corrected chi connectivity index (χ2v) is 7.99. The molecule has 0 spiro atoms. The highest BCUT2D eigenvalue weighted by atomic mass is 35.5. The van der Waals surface area contributed by atoms with Gasteiger partial charge < -0.3 is 4.74 Å². The number of hydrogen-bond donors (Lipinski definition) is 1. The molecule has 0 aliphatic carbocycles. The summed E-state index contributed by atoms with van der Waals surface area (Å²) in [5, 5.41) is 6.33. The lowest BCUT2D eigenvalue weighted by Gasteiger charge is -2.13. The van der Waals surface area contributed by atoms with Crippen molar-refractivity contribution in [1.82, 2.24) is 19.7 Å². The molecule has 0 unspecified atom stereocenters. The van der Waals surface area contributed by atoms with Gasteiger partial charge in [0.25, 0.3) is 15.9 Å². The molecule has 0 saturated carbocycles. The van der Waals surface area contributed by atoms with Crippen LogP contribution in [0.15, 0.2) is 47.4 Å². The number of rotatable bonds is 5. The smallest absolute Gasteiger partial charge is 0.435 e. The van der Waals surface area contributed by atoms with Gasteiger partial charge in [0, 0.05) is 6.07 Å². The van der Waals surface area contributed by atoms with Crippen molar-refractivity contribution < 1.29 is 35.5 Å². The molecule has 0 saturated heterocycles. The number of nitrogens with one attached hydrogen (secondary N) is 1. The van der Waals surface area contributed by atoms with Gasteiger partial charge in [0.15, 0.2) is 11.4 Å². The van der Waals surface area contributed by atoms with E-state index in [4.69, 9.17) is 16.3 Å². The molecule has 0 bridgehead atoms. The van der Waals surface area contributed by atoms with Crippen LogP contribution >= 0.6 is 11.6 Å². The predicted molar refractivity (Wildman–Crippen MR) is 99.0 cm³/mol. The fraction of sp³-hybridized carbons (Fsp3) is 0.118. The third-order valence-corrected chi connectivity index (χ3v) is 5.54. The zero-order valence-electron chi connectivity index (χ0n) is 15.3. The van der Waals surface area contributed by atoms with Gasteiger partial charge in [0.1, 0.15) is 11.6 Å². The zero-order valence-corrected chi connectivity index (χ0v) is 16.9.